The van der Waals surface area contributed by atoms with Gasteiger partial charge in [-0.2, -0.15) is 0 Å². The molecule has 1 N–H and O–H groups in total. The summed E-state index contributed by atoms with van der Waals surface area (Å²) in [5.74, 6) is 0. The smallest absolute Gasteiger partial charge is 0.0686 e. The van der Waals surface area contributed by atoms with Crippen LogP contribution in [0.1, 0.15) is 40.3 Å². The second-order valence-electron chi connectivity index (χ2n) is 4.92. The topological polar surface area (TPSA) is 12.0 Å². The highest BCUT2D eigenvalue weighted by molar-refractivity contribution is 7.12. The van der Waals surface area contributed by atoms with E-state index in [1.54, 1.807) is 0 Å². The molecule has 4 heteroatoms. The summed E-state index contributed by atoms with van der Waals surface area (Å²) < 4.78 is 0. The SMILES string of the molecule is CCCNC(c1cc(C)c(C)s1)c1cccc(Cl)c1Cl. The third kappa shape index (κ3) is 3.37. The number of nitrogens with one attached hydrogen (secondary N) is 1. The van der Waals surface area contributed by atoms with Crippen molar-refractivity contribution in [2.45, 2.75) is 33.2 Å². The third-order valence-electron chi connectivity index (χ3n) is 3.36. The van der Waals surface area contributed by atoms with Crippen LogP contribution in [0.15, 0.2) is 24.3 Å². The van der Waals surface area contributed by atoms with Gasteiger partial charge in [0.15, 0.2) is 0 Å². The highest BCUT2D eigenvalue weighted by Gasteiger charge is 2.20. The maximum atomic E-state index is 6.40. The summed E-state index contributed by atoms with van der Waals surface area (Å²) in [7, 11) is 0. The molecular weight excluding hydrogens is 309 g/mol. The number of hydrogen-bond acceptors (Lipinski definition) is 2. The molecular formula is C16H19Cl2NS. The lowest BCUT2D eigenvalue weighted by molar-refractivity contribution is 0.606. The van der Waals surface area contributed by atoms with Gasteiger partial charge < -0.3 is 5.32 Å². The van der Waals surface area contributed by atoms with Crippen LogP contribution >= 0.6 is 34.5 Å². The molecule has 0 saturated carbocycles. The zero-order chi connectivity index (χ0) is 14.7. The Hall–Kier alpha value is -0.540. The predicted octanol–water partition coefficient (Wildman–Crippen LogP) is 5.76. The van der Waals surface area contributed by atoms with Crippen molar-refractivity contribution in [2.75, 3.05) is 6.54 Å². The van der Waals surface area contributed by atoms with Crippen LogP contribution in [0.4, 0.5) is 0 Å². The minimum absolute atomic E-state index is 0.110. The van der Waals surface area contributed by atoms with Gasteiger partial charge in [0.1, 0.15) is 0 Å². The molecule has 1 heterocycles. The first-order valence-electron chi connectivity index (χ1n) is 6.78. The van der Waals surface area contributed by atoms with Crippen molar-refractivity contribution in [1.82, 2.24) is 5.32 Å². The molecule has 0 saturated heterocycles. The third-order valence-corrected chi connectivity index (χ3v) is 5.41. The van der Waals surface area contributed by atoms with Gasteiger partial charge in [0.05, 0.1) is 16.1 Å². The molecule has 0 radical (unpaired) electrons. The van der Waals surface area contributed by atoms with Crippen LogP contribution in [0, 0.1) is 13.8 Å². The Bertz CT molecular complexity index is 573. The number of aryl methyl sites for hydroxylation is 2. The number of benzene rings is 1. The standard InChI is InChI=1S/C16H19Cl2NS/c1-4-8-19-16(14-9-10(2)11(3)20-14)12-6-5-7-13(17)15(12)18/h5-7,9,16,19H,4,8H2,1-3H3. The monoisotopic (exact) mass is 327 g/mol. The van der Waals surface area contributed by atoms with E-state index in [9.17, 15) is 0 Å². The average Bonchev–Trinajstić information content (AvgIpc) is 2.74. The van der Waals surface area contributed by atoms with Crippen LogP contribution in [0.3, 0.4) is 0 Å². The van der Waals surface area contributed by atoms with Crippen molar-refractivity contribution in [1.29, 1.82) is 0 Å². The first-order chi connectivity index (χ1) is 9.54. The molecule has 1 nitrogen and oxygen atoms in total. The second kappa shape index (κ2) is 6.95. The molecule has 0 spiro atoms. The Balaban J connectivity index is 2.44. The first kappa shape index (κ1) is 15.8. The highest BCUT2D eigenvalue weighted by Crippen LogP contribution is 2.36. The van der Waals surface area contributed by atoms with Gasteiger partial charge in [0.2, 0.25) is 0 Å². The van der Waals surface area contributed by atoms with Crippen molar-refractivity contribution < 1.29 is 0 Å². The van der Waals surface area contributed by atoms with Crippen LogP contribution in [0.25, 0.3) is 0 Å². The molecule has 1 aromatic heterocycles. The molecule has 1 atom stereocenters. The lowest BCUT2D eigenvalue weighted by Crippen LogP contribution is -2.22. The fourth-order valence-electron chi connectivity index (χ4n) is 2.14. The zero-order valence-electron chi connectivity index (χ0n) is 12.0. The Kier molecular flexibility index (Phi) is 5.50. The number of halogens is 2. The van der Waals surface area contributed by atoms with Crippen molar-refractivity contribution in [3.05, 3.63) is 55.2 Å². The fourth-order valence-corrected chi connectivity index (χ4v) is 3.69. The van der Waals surface area contributed by atoms with Gasteiger partial charge in [-0.1, -0.05) is 42.3 Å². The molecule has 1 unspecified atom stereocenters. The zero-order valence-corrected chi connectivity index (χ0v) is 14.3. The summed E-state index contributed by atoms with van der Waals surface area (Å²) >= 11 is 14.4. The number of rotatable bonds is 5. The summed E-state index contributed by atoms with van der Waals surface area (Å²) in [6.07, 6.45) is 1.08. The van der Waals surface area contributed by atoms with Crippen LogP contribution in [0.2, 0.25) is 10.0 Å². The summed E-state index contributed by atoms with van der Waals surface area (Å²) in [6, 6.07) is 8.18. The molecule has 1 aromatic carbocycles. The molecule has 0 bridgehead atoms. The molecule has 108 valence electrons. The predicted molar refractivity (Wildman–Crippen MR) is 90.4 cm³/mol. The second-order valence-corrected chi connectivity index (χ2v) is 6.99. The normalized spacial score (nSPS) is 12.7. The van der Waals surface area contributed by atoms with E-state index in [0.29, 0.717) is 10.0 Å². The van der Waals surface area contributed by atoms with Crippen molar-refractivity contribution in [3.8, 4) is 0 Å². The van der Waals surface area contributed by atoms with Gasteiger partial charge in [-0.15, -0.1) is 11.3 Å². The van der Waals surface area contributed by atoms with Gasteiger partial charge in [-0.25, -0.2) is 0 Å². The van der Waals surface area contributed by atoms with Gasteiger partial charge in [-0.05, 0) is 50.1 Å². The molecule has 0 aliphatic heterocycles. The van der Waals surface area contributed by atoms with Crippen molar-refractivity contribution in [2.24, 2.45) is 0 Å². The molecule has 2 rings (SSSR count). The maximum Gasteiger partial charge on any atom is 0.0686 e. The fraction of sp³-hybridized carbons (Fsp3) is 0.375. The van der Waals surface area contributed by atoms with E-state index < -0.39 is 0 Å². The largest absolute Gasteiger partial charge is 0.306 e. The van der Waals surface area contributed by atoms with Gasteiger partial charge in [0, 0.05) is 9.75 Å². The lowest BCUT2D eigenvalue weighted by atomic mass is 10.0. The molecule has 0 aliphatic carbocycles. The highest BCUT2D eigenvalue weighted by atomic mass is 35.5. The first-order valence-corrected chi connectivity index (χ1v) is 8.36. The minimum atomic E-state index is 0.110. The number of thiophene rings is 1. The summed E-state index contributed by atoms with van der Waals surface area (Å²) in [5.41, 5.74) is 2.38. The van der Waals surface area contributed by atoms with Crippen LogP contribution < -0.4 is 5.32 Å². The summed E-state index contributed by atoms with van der Waals surface area (Å²) in [5, 5.41) is 4.83. The van der Waals surface area contributed by atoms with Crippen LogP contribution in [0.5, 0.6) is 0 Å². The van der Waals surface area contributed by atoms with E-state index in [1.165, 1.54) is 15.3 Å². The van der Waals surface area contributed by atoms with E-state index in [-0.39, 0.29) is 6.04 Å². The lowest BCUT2D eigenvalue weighted by Gasteiger charge is -2.19. The van der Waals surface area contributed by atoms with Gasteiger partial charge in [-0.3, -0.25) is 0 Å². The molecule has 0 aliphatic rings. The van der Waals surface area contributed by atoms with E-state index in [4.69, 9.17) is 23.2 Å². The molecule has 2 aromatic rings. The summed E-state index contributed by atoms with van der Waals surface area (Å²) in [4.78, 5) is 2.64. The Morgan fingerprint density at radius 3 is 2.60 bits per heavy atom. The molecule has 20 heavy (non-hydrogen) atoms. The van der Waals surface area contributed by atoms with Crippen LogP contribution in [-0.4, -0.2) is 6.54 Å². The van der Waals surface area contributed by atoms with Crippen LogP contribution in [-0.2, 0) is 0 Å². The van der Waals surface area contributed by atoms with E-state index in [0.717, 1.165) is 18.5 Å². The van der Waals surface area contributed by atoms with E-state index >= 15 is 0 Å². The summed E-state index contributed by atoms with van der Waals surface area (Å²) in [6.45, 7) is 7.41. The minimum Gasteiger partial charge on any atom is -0.306 e. The Morgan fingerprint density at radius 2 is 2.00 bits per heavy atom. The maximum absolute atomic E-state index is 6.40. The van der Waals surface area contributed by atoms with Gasteiger partial charge in [0.25, 0.3) is 0 Å². The quantitative estimate of drug-likeness (QED) is 0.736. The number of hydrogen-bond donors (Lipinski definition) is 1. The molecule has 0 amide bonds. The van der Waals surface area contributed by atoms with E-state index in [2.05, 4.69) is 32.2 Å². The van der Waals surface area contributed by atoms with Crippen molar-refractivity contribution >= 4 is 34.5 Å². The Morgan fingerprint density at radius 1 is 1.25 bits per heavy atom. The average molecular weight is 328 g/mol. The van der Waals surface area contributed by atoms with E-state index in [1.807, 2.05) is 29.5 Å². The molecule has 0 fully saturated rings. The van der Waals surface area contributed by atoms with Crippen molar-refractivity contribution in [3.63, 3.8) is 0 Å². The van der Waals surface area contributed by atoms with Gasteiger partial charge >= 0.3 is 0 Å². The Labute approximate surface area is 134 Å².